The van der Waals surface area contributed by atoms with Gasteiger partial charge in [-0.3, -0.25) is 19.3 Å². The molecule has 1 aliphatic heterocycles. The minimum absolute atomic E-state index is 0.0317. The summed E-state index contributed by atoms with van der Waals surface area (Å²) in [6.07, 6.45) is 5.07. The lowest BCUT2D eigenvalue weighted by molar-refractivity contribution is -0.140. The molecule has 2 atom stereocenters. The number of hydrogen-bond acceptors (Lipinski definition) is 5. The predicted molar refractivity (Wildman–Crippen MR) is 97.7 cm³/mol. The van der Waals surface area contributed by atoms with Crippen molar-refractivity contribution < 1.29 is 23.9 Å². The number of likely N-dealkylation sites (tertiary alicyclic amines) is 1. The van der Waals surface area contributed by atoms with Crippen LogP contribution in [0.25, 0.3) is 0 Å². The van der Waals surface area contributed by atoms with Gasteiger partial charge in [0.2, 0.25) is 17.7 Å². The Morgan fingerprint density at radius 2 is 1.67 bits per heavy atom. The van der Waals surface area contributed by atoms with Crippen molar-refractivity contribution in [3.8, 4) is 0 Å². The van der Waals surface area contributed by atoms with Crippen molar-refractivity contribution in [2.75, 3.05) is 18.5 Å². The van der Waals surface area contributed by atoms with E-state index in [1.807, 2.05) is 12.2 Å². The first-order valence-corrected chi connectivity index (χ1v) is 9.08. The Kier molecular flexibility index (Phi) is 5.69. The first-order valence-electron chi connectivity index (χ1n) is 9.08. The van der Waals surface area contributed by atoms with Crippen LogP contribution in [0.4, 0.5) is 5.69 Å². The minimum Gasteiger partial charge on any atom is -0.462 e. The molecule has 7 nitrogen and oxygen atoms in total. The molecule has 0 aromatic heterocycles. The molecule has 1 aliphatic carbocycles. The zero-order valence-electron chi connectivity index (χ0n) is 15.1. The fourth-order valence-corrected chi connectivity index (χ4v) is 3.43. The van der Waals surface area contributed by atoms with Crippen molar-refractivity contribution >= 4 is 29.4 Å². The van der Waals surface area contributed by atoms with Gasteiger partial charge in [0.15, 0.2) is 0 Å². The standard InChI is InChI=1S/C20H22N2O5/c1-2-27-20(26)13-7-9-14(10-8-13)21-17(23)11-12-22-18(24)15-5-3-4-6-16(15)19(22)25/h3-4,7-10,15-16H,2,5-6,11-12H2,1H3,(H,21,23)/t15-,16+. The van der Waals surface area contributed by atoms with Crippen LogP contribution in [-0.4, -0.2) is 41.7 Å². The van der Waals surface area contributed by atoms with Gasteiger partial charge in [-0.25, -0.2) is 4.79 Å². The molecule has 2 aliphatic rings. The zero-order chi connectivity index (χ0) is 19.4. The van der Waals surface area contributed by atoms with Crippen molar-refractivity contribution in [1.29, 1.82) is 0 Å². The molecule has 27 heavy (non-hydrogen) atoms. The molecule has 3 amide bonds. The summed E-state index contributed by atoms with van der Waals surface area (Å²) in [4.78, 5) is 49.7. The van der Waals surface area contributed by atoms with Gasteiger partial charge in [0.25, 0.3) is 0 Å². The number of imide groups is 1. The van der Waals surface area contributed by atoms with Gasteiger partial charge in [-0.15, -0.1) is 0 Å². The lowest BCUT2D eigenvalue weighted by Gasteiger charge is -2.14. The largest absolute Gasteiger partial charge is 0.462 e. The van der Waals surface area contributed by atoms with Crippen LogP contribution < -0.4 is 5.32 Å². The van der Waals surface area contributed by atoms with Gasteiger partial charge in [0.1, 0.15) is 0 Å². The fraction of sp³-hybridized carbons (Fsp3) is 0.400. The van der Waals surface area contributed by atoms with E-state index in [-0.39, 0.29) is 42.5 Å². The maximum Gasteiger partial charge on any atom is 0.338 e. The smallest absolute Gasteiger partial charge is 0.338 e. The third-order valence-corrected chi connectivity index (χ3v) is 4.84. The van der Waals surface area contributed by atoms with E-state index < -0.39 is 5.97 Å². The first-order chi connectivity index (χ1) is 13.0. The molecule has 0 spiro atoms. The molecule has 0 saturated carbocycles. The molecule has 1 N–H and O–H groups in total. The van der Waals surface area contributed by atoms with Crippen LogP contribution in [-0.2, 0) is 19.1 Å². The Bertz CT molecular complexity index is 758. The van der Waals surface area contributed by atoms with Crippen molar-refractivity contribution in [2.24, 2.45) is 11.8 Å². The second-order valence-corrected chi connectivity index (χ2v) is 6.58. The van der Waals surface area contributed by atoms with E-state index in [0.717, 1.165) is 0 Å². The van der Waals surface area contributed by atoms with E-state index >= 15 is 0 Å². The first kappa shape index (κ1) is 18.8. The van der Waals surface area contributed by atoms with Gasteiger partial charge < -0.3 is 10.1 Å². The number of benzene rings is 1. The molecule has 3 rings (SSSR count). The zero-order valence-corrected chi connectivity index (χ0v) is 15.1. The Morgan fingerprint density at radius 3 is 2.22 bits per heavy atom. The summed E-state index contributed by atoms with van der Waals surface area (Å²) in [5, 5.41) is 2.70. The van der Waals surface area contributed by atoms with Gasteiger partial charge in [0, 0.05) is 18.7 Å². The summed E-state index contributed by atoms with van der Waals surface area (Å²) in [5.41, 5.74) is 0.935. The Balaban J connectivity index is 1.52. The van der Waals surface area contributed by atoms with Crippen LogP contribution in [0.1, 0.15) is 36.5 Å². The van der Waals surface area contributed by atoms with Gasteiger partial charge >= 0.3 is 5.97 Å². The summed E-state index contributed by atoms with van der Waals surface area (Å²) in [6.45, 7) is 2.11. The lowest BCUT2D eigenvalue weighted by atomic mass is 9.85. The molecule has 1 fully saturated rings. The Hall–Kier alpha value is -2.96. The number of rotatable bonds is 6. The number of hydrogen-bond donors (Lipinski definition) is 1. The summed E-state index contributed by atoms with van der Waals surface area (Å²) in [5.74, 6) is -1.63. The summed E-state index contributed by atoms with van der Waals surface area (Å²) in [7, 11) is 0. The van der Waals surface area contributed by atoms with Gasteiger partial charge in [0.05, 0.1) is 24.0 Å². The molecule has 0 radical (unpaired) electrons. The van der Waals surface area contributed by atoms with Crippen molar-refractivity contribution in [2.45, 2.75) is 26.2 Å². The number of nitrogens with one attached hydrogen (secondary N) is 1. The maximum atomic E-state index is 12.4. The summed E-state index contributed by atoms with van der Waals surface area (Å²) >= 11 is 0. The molecule has 1 aromatic rings. The third-order valence-electron chi connectivity index (χ3n) is 4.84. The SMILES string of the molecule is CCOC(=O)c1ccc(NC(=O)CCN2C(=O)[C@H]3CC=CC[C@H]3C2=O)cc1. The highest BCUT2D eigenvalue weighted by molar-refractivity contribution is 6.05. The average molecular weight is 370 g/mol. The van der Waals surface area contributed by atoms with E-state index in [4.69, 9.17) is 4.74 Å². The van der Waals surface area contributed by atoms with Crippen LogP contribution >= 0.6 is 0 Å². The minimum atomic E-state index is -0.419. The van der Waals surface area contributed by atoms with Crippen molar-refractivity contribution in [3.05, 3.63) is 42.0 Å². The number of anilines is 1. The summed E-state index contributed by atoms with van der Waals surface area (Å²) < 4.78 is 4.90. The lowest BCUT2D eigenvalue weighted by Crippen LogP contribution is -2.34. The van der Waals surface area contributed by atoms with Crippen molar-refractivity contribution in [1.82, 2.24) is 4.90 Å². The highest BCUT2D eigenvalue weighted by Gasteiger charge is 2.46. The number of ether oxygens (including phenoxy) is 1. The van der Waals surface area contributed by atoms with Gasteiger partial charge in [-0.1, -0.05) is 12.2 Å². The number of amides is 3. The van der Waals surface area contributed by atoms with E-state index in [2.05, 4.69) is 5.32 Å². The molecule has 1 saturated heterocycles. The van der Waals surface area contributed by atoms with E-state index in [9.17, 15) is 19.2 Å². The molecule has 0 bridgehead atoms. The molecular formula is C20H22N2O5. The molecule has 7 heteroatoms. The topological polar surface area (TPSA) is 92.8 Å². The molecule has 0 unspecified atom stereocenters. The number of fused-ring (bicyclic) bond motifs is 1. The quantitative estimate of drug-likeness (QED) is 0.470. The summed E-state index contributed by atoms with van der Waals surface area (Å²) in [6, 6.07) is 6.35. The maximum absolute atomic E-state index is 12.4. The molecule has 1 aromatic carbocycles. The van der Waals surface area contributed by atoms with Crippen LogP contribution in [0.3, 0.4) is 0 Å². The normalized spacial score (nSPS) is 21.1. The Labute approximate surface area is 157 Å². The predicted octanol–water partition coefficient (Wildman–Crippen LogP) is 2.14. The number of nitrogens with zero attached hydrogens (tertiary/aromatic N) is 1. The molecule has 1 heterocycles. The van der Waals surface area contributed by atoms with Crippen LogP contribution in [0.5, 0.6) is 0 Å². The third kappa shape index (κ3) is 4.07. The van der Waals surface area contributed by atoms with Gasteiger partial charge in [-0.2, -0.15) is 0 Å². The number of allylic oxidation sites excluding steroid dienone is 2. The number of esters is 1. The van der Waals surface area contributed by atoms with Crippen LogP contribution in [0.15, 0.2) is 36.4 Å². The fourth-order valence-electron chi connectivity index (χ4n) is 3.43. The number of carbonyl (C=O) groups is 4. The van der Waals surface area contributed by atoms with E-state index in [1.165, 1.54) is 4.90 Å². The van der Waals surface area contributed by atoms with E-state index in [0.29, 0.717) is 30.7 Å². The van der Waals surface area contributed by atoms with Crippen LogP contribution in [0.2, 0.25) is 0 Å². The average Bonchev–Trinajstić information content (AvgIpc) is 2.92. The monoisotopic (exact) mass is 370 g/mol. The van der Waals surface area contributed by atoms with Crippen LogP contribution in [0, 0.1) is 11.8 Å². The highest BCUT2D eigenvalue weighted by Crippen LogP contribution is 2.35. The van der Waals surface area contributed by atoms with E-state index in [1.54, 1.807) is 31.2 Å². The molecule has 142 valence electrons. The highest BCUT2D eigenvalue weighted by atomic mass is 16.5. The van der Waals surface area contributed by atoms with Crippen molar-refractivity contribution in [3.63, 3.8) is 0 Å². The second-order valence-electron chi connectivity index (χ2n) is 6.58. The second kappa shape index (κ2) is 8.16. The van der Waals surface area contributed by atoms with Gasteiger partial charge in [-0.05, 0) is 44.0 Å². The molecular weight excluding hydrogens is 348 g/mol. The number of carbonyl (C=O) groups excluding carboxylic acids is 4. The Morgan fingerprint density at radius 1 is 1.07 bits per heavy atom.